The van der Waals surface area contributed by atoms with Gasteiger partial charge in [-0.3, -0.25) is 13.9 Å². The van der Waals surface area contributed by atoms with Crippen molar-refractivity contribution in [1.29, 1.82) is 0 Å². The molecule has 1 amide bonds. The molecule has 5 rings (SSSR count). The van der Waals surface area contributed by atoms with E-state index in [0.29, 0.717) is 30.8 Å². The number of amides is 1. The number of nitrogens with one attached hydrogen (secondary N) is 1. The molecule has 0 aliphatic carbocycles. The van der Waals surface area contributed by atoms with E-state index in [2.05, 4.69) is 33.2 Å². The summed E-state index contributed by atoms with van der Waals surface area (Å²) in [5.74, 6) is 2.49. The van der Waals surface area contributed by atoms with Crippen molar-refractivity contribution in [1.82, 2.24) is 20.0 Å². The largest absolute Gasteiger partial charge is 0.361 e. The van der Waals surface area contributed by atoms with Gasteiger partial charge in [-0.2, -0.15) is 10.6 Å². The predicted octanol–water partition coefficient (Wildman–Crippen LogP) is 4.34. The summed E-state index contributed by atoms with van der Waals surface area (Å²) in [6, 6.07) is 6.19. The Morgan fingerprint density at radius 2 is 1.97 bits per heavy atom. The van der Waals surface area contributed by atoms with Gasteiger partial charge in [0.1, 0.15) is 11.6 Å². The average Bonchev–Trinajstić information content (AvgIpc) is 3.38. The molecule has 30 heavy (non-hydrogen) atoms. The van der Waals surface area contributed by atoms with Crippen molar-refractivity contribution in [3.05, 3.63) is 35.5 Å². The van der Waals surface area contributed by atoms with Crippen molar-refractivity contribution in [2.24, 2.45) is 0 Å². The molecule has 0 saturated carbocycles. The lowest BCUT2D eigenvalue weighted by molar-refractivity contribution is -0.119. The first-order chi connectivity index (χ1) is 14.3. The van der Waals surface area contributed by atoms with Crippen LogP contribution in [0.4, 0.5) is 0 Å². The second-order valence-corrected chi connectivity index (χ2v) is 10.8. The van der Waals surface area contributed by atoms with Gasteiger partial charge in [-0.1, -0.05) is 11.2 Å². The third kappa shape index (κ3) is 3.30. The van der Waals surface area contributed by atoms with Gasteiger partial charge in [-0.25, -0.2) is 4.98 Å². The smallest absolute Gasteiger partial charge is 0.220 e. The Labute approximate surface area is 176 Å². The fraction of sp³-hybridized carbons (Fsp3) is 0.476. The molecule has 0 radical (unpaired) electrons. The van der Waals surface area contributed by atoms with Crippen LogP contribution in [0.1, 0.15) is 55.0 Å². The number of benzene rings is 1. The predicted molar refractivity (Wildman–Crippen MR) is 116 cm³/mol. The van der Waals surface area contributed by atoms with Crippen molar-refractivity contribution in [2.75, 3.05) is 11.5 Å². The second-order valence-electron chi connectivity index (χ2n) is 8.34. The van der Waals surface area contributed by atoms with Crippen molar-refractivity contribution >= 4 is 27.5 Å². The minimum atomic E-state index is -2.47. The molecule has 2 saturated heterocycles. The highest BCUT2D eigenvalue weighted by Crippen LogP contribution is 2.48. The first-order valence-electron chi connectivity index (χ1n) is 10.3. The highest BCUT2D eigenvalue weighted by molar-refractivity contribution is 8.24. The topological polar surface area (TPSA) is 113 Å². The molecule has 9 heteroatoms. The zero-order valence-corrected chi connectivity index (χ0v) is 17.9. The molecular formula is C21H26N4O4S. The third-order valence-corrected chi connectivity index (χ3v) is 8.05. The average molecular weight is 431 g/mol. The fourth-order valence-electron chi connectivity index (χ4n) is 4.76. The first kappa shape index (κ1) is 19.6. The van der Waals surface area contributed by atoms with Gasteiger partial charge in [0, 0.05) is 29.5 Å². The number of nitrogens with zero attached hydrogens (tertiary/aromatic N) is 3. The van der Waals surface area contributed by atoms with Crippen molar-refractivity contribution in [3.8, 4) is 11.1 Å². The van der Waals surface area contributed by atoms with Crippen molar-refractivity contribution in [3.63, 3.8) is 0 Å². The number of carbonyl (C=O) groups excluding carboxylic acids is 1. The third-order valence-electron chi connectivity index (χ3n) is 6.27. The van der Waals surface area contributed by atoms with Gasteiger partial charge in [0.05, 0.1) is 22.8 Å². The molecular weight excluding hydrogens is 404 g/mol. The molecule has 0 spiro atoms. The van der Waals surface area contributed by atoms with E-state index in [0.717, 1.165) is 45.9 Å². The number of rotatable bonds is 3. The standard InChI is InChI=1S/C21H26N4O4S/c1-12-20(13(2)29-24-12)14-3-5-18-17(11-14)23-21(16-4-6-19(26)22-16)25(18)15-7-9-30(27,28)10-8-15/h3,5,11,15-16,27-28H,4,6-10H2,1-2H3,(H,22,26). The number of fused-ring (bicyclic) bond motifs is 1. The SMILES string of the molecule is Cc1noc(C)c1-c1ccc2c(c1)nc(C1CCC(=O)N1)n2C1CCS(O)(O)CC1. The van der Waals surface area contributed by atoms with Gasteiger partial charge in [-0.05, 0) is 50.8 Å². The molecule has 160 valence electrons. The van der Waals surface area contributed by atoms with E-state index in [-0.39, 0.29) is 18.0 Å². The highest BCUT2D eigenvalue weighted by Gasteiger charge is 2.33. The number of imidazole rings is 1. The van der Waals surface area contributed by atoms with E-state index >= 15 is 0 Å². The quantitative estimate of drug-likeness (QED) is 0.569. The lowest BCUT2D eigenvalue weighted by Gasteiger charge is -2.40. The van der Waals surface area contributed by atoms with E-state index in [1.165, 1.54) is 0 Å². The first-order valence-corrected chi connectivity index (χ1v) is 12.2. The molecule has 3 aromatic rings. The van der Waals surface area contributed by atoms with Crippen LogP contribution >= 0.6 is 10.6 Å². The summed E-state index contributed by atoms with van der Waals surface area (Å²) in [6.45, 7) is 3.83. The number of aromatic nitrogens is 3. The van der Waals surface area contributed by atoms with Crippen LogP contribution in [0.2, 0.25) is 0 Å². The molecule has 0 bridgehead atoms. The Kier molecular flexibility index (Phi) is 4.64. The molecule has 1 unspecified atom stereocenters. The molecule has 2 aromatic heterocycles. The number of aryl methyl sites for hydroxylation is 2. The maximum atomic E-state index is 11.9. The van der Waals surface area contributed by atoms with E-state index in [1.54, 1.807) is 0 Å². The lowest BCUT2D eigenvalue weighted by Crippen LogP contribution is -2.27. The van der Waals surface area contributed by atoms with Crippen LogP contribution in [0, 0.1) is 13.8 Å². The zero-order chi connectivity index (χ0) is 21.0. The van der Waals surface area contributed by atoms with E-state index in [1.807, 2.05) is 13.8 Å². The molecule has 4 heterocycles. The molecule has 2 fully saturated rings. The summed E-state index contributed by atoms with van der Waals surface area (Å²) in [6.07, 6.45) is 2.60. The minimum Gasteiger partial charge on any atom is -0.361 e. The van der Waals surface area contributed by atoms with Gasteiger partial charge in [0.15, 0.2) is 0 Å². The van der Waals surface area contributed by atoms with Crippen LogP contribution in [0.3, 0.4) is 0 Å². The Morgan fingerprint density at radius 3 is 2.60 bits per heavy atom. The summed E-state index contributed by atoms with van der Waals surface area (Å²) >= 11 is 0. The molecule has 2 aliphatic rings. The molecule has 8 nitrogen and oxygen atoms in total. The second kappa shape index (κ2) is 7.11. The van der Waals surface area contributed by atoms with Gasteiger partial charge in [-0.15, -0.1) is 0 Å². The number of carbonyl (C=O) groups is 1. The molecule has 2 aliphatic heterocycles. The fourth-order valence-corrected chi connectivity index (χ4v) is 6.26. The summed E-state index contributed by atoms with van der Waals surface area (Å²) in [7, 11) is -2.47. The van der Waals surface area contributed by atoms with Gasteiger partial charge >= 0.3 is 0 Å². The zero-order valence-electron chi connectivity index (χ0n) is 17.1. The Bertz CT molecular complexity index is 1110. The van der Waals surface area contributed by atoms with Gasteiger partial charge in [0.25, 0.3) is 0 Å². The minimum absolute atomic E-state index is 0.0489. The van der Waals surface area contributed by atoms with Crippen molar-refractivity contribution < 1.29 is 18.4 Å². The van der Waals surface area contributed by atoms with Crippen molar-refractivity contribution in [2.45, 2.75) is 51.6 Å². The van der Waals surface area contributed by atoms with Crippen LogP contribution in [0.15, 0.2) is 22.7 Å². The summed E-state index contributed by atoms with van der Waals surface area (Å²) in [4.78, 5) is 16.8. The van der Waals surface area contributed by atoms with E-state index in [9.17, 15) is 13.9 Å². The lowest BCUT2D eigenvalue weighted by atomic mass is 10.0. The number of hydrogen-bond donors (Lipinski definition) is 3. The van der Waals surface area contributed by atoms with Crippen LogP contribution in [0.5, 0.6) is 0 Å². The Balaban J connectivity index is 1.62. The monoisotopic (exact) mass is 430 g/mol. The Hall–Kier alpha value is -2.36. The highest BCUT2D eigenvalue weighted by atomic mass is 32.3. The summed E-state index contributed by atoms with van der Waals surface area (Å²) in [5, 5.41) is 7.11. The van der Waals surface area contributed by atoms with Crippen LogP contribution in [0.25, 0.3) is 22.2 Å². The van der Waals surface area contributed by atoms with E-state index in [4.69, 9.17) is 9.51 Å². The Morgan fingerprint density at radius 1 is 1.20 bits per heavy atom. The van der Waals surface area contributed by atoms with Gasteiger partial charge < -0.3 is 14.4 Å². The normalized spacial score (nSPS) is 23.1. The molecule has 1 aromatic carbocycles. The maximum absolute atomic E-state index is 11.9. The molecule has 3 N–H and O–H groups in total. The van der Waals surface area contributed by atoms with Crippen LogP contribution in [-0.2, 0) is 4.79 Å². The van der Waals surface area contributed by atoms with Crippen LogP contribution < -0.4 is 5.32 Å². The summed E-state index contributed by atoms with van der Waals surface area (Å²) in [5.41, 5.74) is 4.69. The van der Waals surface area contributed by atoms with E-state index < -0.39 is 10.6 Å². The summed E-state index contributed by atoms with van der Waals surface area (Å²) < 4.78 is 27.7. The maximum Gasteiger partial charge on any atom is 0.220 e. The van der Waals surface area contributed by atoms with Gasteiger partial charge in [0.2, 0.25) is 5.91 Å². The molecule has 1 atom stereocenters. The van der Waals surface area contributed by atoms with Crippen LogP contribution in [-0.4, -0.2) is 41.2 Å². The number of hydrogen-bond acceptors (Lipinski definition) is 6.